The van der Waals surface area contributed by atoms with E-state index in [4.69, 9.17) is 16.3 Å². The van der Waals surface area contributed by atoms with Crippen LogP contribution in [0.1, 0.15) is 44.3 Å². The van der Waals surface area contributed by atoms with E-state index in [1.54, 1.807) is 42.3 Å². The van der Waals surface area contributed by atoms with Crippen LogP contribution in [0.4, 0.5) is 0 Å². The van der Waals surface area contributed by atoms with E-state index in [0.29, 0.717) is 16.1 Å². The molecule has 0 bridgehead atoms. The highest BCUT2D eigenvalue weighted by molar-refractivity contribution is 6.33. The number of carbonyl (C=O) groups excluding carboxylic acids is 2. The van der Waals surface area contributed by atoms with Crippen LogP contribution in [0.15, 0.2) is 42.5 Å². The van der Waals surface area contributed by atoms with Crippen molar-refractivity contribution < 1.29 is 14.3 Å². The largest absolute Gasteiger partial charge is 0.465 e. The van der Waals surface area contributed by atoms with Gasteiger partial charge in [-0.2, -0.15) is 0 Å². The van der Waals surface area contributed by atoms with Gasteiger partial charge >= 0.3 is 5.97 Å². The van der Waals surface area contributed by atoms with Crippen molar-refractivity contribution in [3.63, 3.8) is 0 Å². The third-order valence-electron chi connectivity index (χ3n) is 4.51. The van der Waals surface area contributed by atoms with E-state index >= 15 is 0 Å². The van der Waals surface area contributed by atoms with Crippen LogP contribution in [0, 0.1) is 0 Å². The first-order chi connectivity index (χ1) is 11.5. The number of methoxy groups -OCH3 is 1. The summed E-state index contributed by atoms with van der Waals surface area (Å²) in [6, 6.07) is 12.5. The number of hydrogen-bond donors (Lipinski definition) is 0. The number of fused-ring (bicyclic) bond motifs is 1. The molecule has 0 aliphatic heterocycles. The van der Waals surface area contributed by atoms with Gasteiger partial charge in [0.05, 0.1) is 29.3 Å². The number of ether oxygens (including phenoxy) is 1. The molecule has 24 heavy (non-hydrogen) atoms. The first-order valence-corrected chi connectivity index (χ1v) is 8.13. The number of hydrogen-bond acceptors (Lipinski definition) is 3. The highest BCUT2D eigenvalue weighted by Gasteiger charge is 2.30. The molecule has 0 aromatic heterocycles. The lowest BCUT2D eigenvalue weighted by Crippen LogP contribution is -2.30. The lowest BCUT2D eigenvalue weighted by atomic mass is 10.0. The molecule has 0 heterocycles. The molecule has 4 nitrogen and oxygen atoms in total. The van der Waals surface area contributed by atoms with Gasteiger partial charge < -0.3 is 9.64 Å². The van der Waals surface area contributed by atoms with Gasteiger partial charge in [-0.3, -0.25) is 4.79 Å². The van der Waals surface area contributed by atoms with Crippen LogP contribution in [0.5, 0.6) is 0 Å². The molecule has 2 aromatic carbocycles. The molecule has 1 aliphatic carbocycles. The second kappa shape index (κ2) is 6.65. The molecule has 0 spiro atoms. The second-order valence-corrected chi connectivity index (χ2v) is 6.26. The zero-order valence-corrected chi connectivity index (χ0v) is 14.3. The fourth-order valence-electron chi connectivity index (χ4n) is 3.19. The molecule has 124 valence electrons. The SMILES string of the molecule is COC(=O)c1ccc2c(c1)[C@H](N(C)C(=O)c1ccccc1Cl)CC2. The van der Waals surface area contributed by atoms with Gasteiger partial charge in [-0.1, -0.05) is 29.8 Å². The van der Waals surface area contributed by atoms with Crippen LogP contribution in [-0.2, 0) is 11.2 Å². The summed E-state index contributed by atoms with van der Waals surface area (Å²) in [5.41, 5.74) is 3.15. The molecule has 2 aromatic rings. The number of rotatable bonds is 3. The average molecular weight is 344 g/mol. The Morgan fingerprint density at radius 1 is 1.21 bits per heavy atom. The topological polar surface area (TPSA) is 46.6 Å². The van der Waals surface area contributed by atoms with Crippen molar-refractivity contribution in [3.8, 4) is 0 Å². The number of halogens is 1. The number of nitrogens with zero attached hydrogens (tertiary/aromatic N) is 1. The first-order valence-electron chi connectivity index (χ1n) is 7.75. The predicted molar refractivity (Wildman–Crippen MR) is 92.4 cm³/mol. The number of aryl methyl sites for hydroxylation is 1. The van der Waals surface area contributed by atoms with Gasteiger partial charge in [-0.25, -0.2) is 4.79 Å². The van der Waals surface area contributed by atoms with E-state index in [1.807, 2.05) is 12.1 Å². The maximum Gasteiger partial charge on any atom is 0.337 e. The van der Waals surface area contributed by atoms with E-state index in [0.717, 1.165) is 24.0 Å². The minimum Gasteiger partial charge on any atom is -0.465 e. The molecule has 0 saturated carbocycles. The van der Waals surface area contributed by atoms with Crippen molar-refractivity contribution in [1.29, 1.82) is 0 Å². The summed E-state index contributed by atoms with van der Waals surface area (Å²) >= 11 is 6.15. The Morgan fingerprint density at radius 2 is 1.96 bits per heavy atom. The monoisotopic (exact) mass is 343 g/mol. The Balaban J connectivity index is 1.91. The molecule has 0 saturated heterocycles. The van der Waals surface area contributed by atoms with Crippen molar-refractivity contribution in [2.75, 3.05) is 14.2 Å². The van der Waals surface area contributed by atoms with Crippen LogP contribution >= 0.6 is 11.6 Å². The Morgan fingerprint density at radius 3 is 2.67 bits per heavy atom. The Kier molecular flexibility index (Phi) is 4.58. The Labute approximate surface area is 146 Å². The Bertz CT molecular complexity index is 803. The molecule has 1 atom stereocenters. The summed E-state index contributed by atoms with van der Waals surface area (Å²) in [7, 11) is 3.14. The van der Waals surface area contributed by atoms with Gasteiger partial charge in [-0.05, 0) is 48.2 Å². The fourth-order valence-corrected chi connectivity index (χ4v) is 3.41. The van der Waals surface area contributed by atoms with Crippen molar-refractivity contribution in [1.82, 2.24) is 4.90 Å². The zero-order chi connectivity index (χ0) is 17.3. The third kappa shape index (κ3) is 2.89. The summed E-state index contributed by atoms with van der Waals surface area (Å²) < 4.78 is 4.79. The normalized spacial score (nSPS) is 15.7. The van der Waals surface area contributed by atoms with Crippen LogP contribution in [0.25, 0.3) is 0 Å². The molecule has 0 N–H and O–H groups in total. The highest BCUT2D eigenvalue weighted by Crippen LogP contribution is 2.36. The molecular formula is C19H18ClNO3. The van der Waals surface area contributed by atoms with Crippen molar-refractivity contribution in [2.45, 2.75) is 18.9 Å². The minimum atomic E-state index is -0.372. The molecule has 0 fully saturated rings. The molecule has 1 amide bonds. The molecule has 0 radical (unpaired) electrons. The summed E-state index contributed by atoms with van der Waals surface area (Å²) in [6.45, 7) is 0. The third-order valence-corrected chi connectivity index (χ3v) is 4.83. The minimum absolute atomic E-state index is 0.0756. The van der Waals surface area contributed by atoms with Gasteiger partial charge in [0.25, 0.3) is 5.91 Å². The van der Waals surface area contributed by atoms with Gasteiger partial charge in [0.15, 0.2) is 0 Å². The molecule has 3 rings (SSSR count). The van der Waals surface area contributed by atoms with Gasteiger partial charge in [0.2, 0.25) is 0 Å². The smallest absolute Gasteiger partial charge is 0.337 e. The number of esters is 1. The second-order valence-electron chi connectivity index (χ2n) is 5.86. The van der Waals surface area contributed by atoms with E-state index in [-0.39, 0.29) is 17.9 Å². The number of amides is 1. The lowest BCUT2D eigenvalue weighted by Gasteiger charge is -2.26. The van der Waals surface area contributed by atoms with Crippen LogP contribution in [0.2, 0.25) is 5.02 Å². The molecule has 1 aliphatic rings. The van der Waals surface area contributed by atoms with E-state index < -0.39 is 0 Å². The number of carbonyl (C=O) groups is 2. The maximum atomic E-state index is 12.8. The fraction of sp³-hybridized carbons (Fsp3) is 0.263. The summed E-state index contributed by atoms with van der Waals surface area (Å²) in [6.07, 6.45) is 1.70. The first kappa shape index (κ1) is 16.5. The quantitative estimate of drug-likeness (QED) is 0.794. The van der Waals surface area contributed by atoms with E-state index in [1.165, 1.54) is 7.11 Å². The van der Waals surface area contributed by atoms with Crippen LogP contribution in [0.3, 0.4) is 0 Å². The van der Waals surface area contributed by atoms with E-state index in [9.17, 15) is 9.59 Å². The van der Waals surface area contributed by atoms with Gasteiger partial charge in [0.1, 0.15) is 0 Å². The van der Waals surface area contributed by atoms with Crippen molar-refractivity contribution >= 4 is 23.5 Å². The predicted octanol–water partition coefficient (Wildman–Crippen LogP) is 3.89. The van der Waals surface area contributed by atoms with Crippen LogP contribution < -0.4 is 0 Å². The lowest BCUT2D eigenvalue weighted by molar-refractivity contribution is 0.0600. The highest BCUT2D eigenvalue weighted by atomic mass is 35.5. The molecule has 0 unspecified atom stereocenters. The van der Waals surface area contributed by atoms with Crippen molar-refractivity contribution in [2.24, 2.45) is 0 Å². The zero-order valence-electron chi connectivity index (χ0n) is 13.6. The van der Waals surface area contributed by atoms with Gasteiger partial charge in [0, 0.05) is 7.05 Å². The number of benzene rings is 2. The Hall–Kier alpha value is -2.33. The summed E-state index contributed by atoms with van der Waals surface area (Å²) in [4.78, 5) is 26.3. The van der Waals surface area contributed by atoms with E-state index in [2.05, 4.69) is 0 Å². The summed E-state index contributed by atoms with van der Waals surface area (Å²) in [5.74, 6) is -0.495. The standard InChI is InChI=1S/C19H18ClNO3/c1-21(18(22)14-5-3-4-6-16(14)20)17-10-9-12-7-8-13(11-15(12)17)19(23)24-2/h3-8,11,17H,9-10H2,1-2H3/t17-/m1/s1. The van der Waals surface area contributed by atoms with Gasteiger partial charge in [-0.15, -0.1) is 0 Å². The van der Waals surface area contributed by atoms with Crippen molar-refractivity contribution in [3.05, 3.63) is 69.7 Å². The maximum absolute atomic E-state index is 12.8. The summed E-state index contributed by atoms with van der Waals surface area (Å²) in [5, 5.41) is 0.441. The molecular weight excluding hydrogens is 326 g/mol. The van der Waals surface area contributed by atoms with Crippen LogP contribution in [-0.4, -0.2) is 30.9 Å². The average Bonchev–Trinajstić information content (AvgIpc) is 3.03. The molecule has 5 heteroatoms.